The topological polar surface area (TPSA) is 44.8 Å². The fourth-order valence-corrected chi connectivity index (χ4v) is 2.03. The zero-order valence-electron chi connectivity index (χ0n) is 12.2. The van der Waals surface area contributed by atoms with Crippen LogP contribution >= 0.6 is 0 Å². The number of Topliss-reactive ketones (excluding diaryl/α,β-unsaturated/α-hetero) is 1. The molecular weight excluding hydrogens is 268 g/mol. The van der Waals surface area contributed by atoms with Crippen molar-refractivity contribution in [2.45, 2.75) is 6.42 Å². The van der Waals surface area contributed by atoms with Crippen molar-refractivity contribution in [1.29, 1.82) is 0 Å². The highest BCUT2D eigenvalue weighted by atomic mass is 16.5. The molecule has 0 aliphatic heterocycles. The molecule has 21 heavy (non-hydrogen) atoms. The Kier molecular flexibility index (Phi) is 5.21. The van der Waals surface area contributed by atoms with E-state index in [1.165, 1.54) is 14.2 Å². The SMILES string of the molecule is COc1cccc(OC)c1C(=O)CCOc1ccccc1. The summed E-state index contributed by atoms with van der Waals surface area (Å²) in [7, 11) is 3.07. The summed E-state index contributed by atoms with van der Waals surface area (Å²) in [5.74, 6) is 1.70. The van der Waals surface area contributed by atoms with Crippen LogP contribution in [0, 0.1) is 0 Å². The second kappa shape index (κ2) is 7.33. The molecule has 0 aliphatic rings. The smallest absolute Gasteiger partial charge is 0.173 e. The van der Waals surface area contributed by atoms with Gasteiger partial charge in [-0.15, -0.1) is 0 Å². The van der Waals surface area contributed by atoms with E-state index in [1.54, 1.807) is 18.2 Å². The van der Waals surface area contributed by atoms with Crippen LogP contribution in [0.4, 0.5) is 0 Å². The highest BCUT2D eigenvalue weighted by Crippen LogP contribution is 2.29. The van der Waals surface area contributed by atoms with E-state index in [4.69, 9.17) is 14.2 Å². The van der Waals surface area contributed by atoms with E-state index < -0.39 is 0 Å². The normalized spacial score (nSPS) is 10.0. The molecule has 0 spiro atoms. The lowest BCUT2D eigenvalue weighted by Crippen LogP contribution is -2.09. The summed E-state index contributed by atoms with van der Waals surface area (Å²) in [5.41, 5.74) is 0.458. The van der Waals surface area contributed by atoms with Gasteiger partial charge in [0.25, 0.3) is 0 Å². The summed E-state index contributed by atoms with van der Waals surface area (Å²) < 4.78 is 16.0. The van der Waals surface area contributed by atoms with Gasteiger partial charge >= 0.3 is 0 Å². The molecular formula is C17H18O4. The number of rotatable bonds is 7. The van der Waals surface area contributed by atoms with Gasteiger partial charge in [-0.25, -0.2) is 0 Å². The van der Waals surface area contributed by atoms with E-state index in [-0.39, 0.29) is 12.2 Å². The number of hydrogen-bond donors (Lipinski definition) is 0. The van der Waals surface area contributed by atoms with Crippen molar-refractivity contribution in [1.82, 2.24) is 0 Å². The van der Waals surface area contributed by atoms with Crippen LogP contribution in [0.1, 0.15) is 16.8 Å². The Balaban J connectivity index is 2.03. The summed E-state index contributed by atoms with van der Waals surface area (Å²) >= 11 is 0. The van der Waals surface area contributed by atoms with Crippen LogP contribution in [0.25, 0.3) is 0 Å². The maximum Gasteiger partial charge on any atom is 0.173 e. The molecule has 0 fully saturated rings. The van der Waals surface area contributed by atoms with Gasteiger partial charge < -0.3 is 14.2 Å². The van der Waals surface area contributed by atoms with E-state index in [2.05, 4.69) is 0 Å². The van der Waals surface area contributed by atoms with Crippen LogP contribution < -0.4 is 14.2 Å². The quantitative estimate of drug-likeness (QED) is 0.732. The molecule has 0 radical (unpaired) electrons. The van der Waals surface area contributed by atoms with Crippen molar-refractivity contribution in [2.24, 2.45) is 0 Å². The molecule has 4 nitrogen and oxygen atoms in total. The van der Waals surface area contributed by atoms with Crippen LogP contribution in [0.3, 0.4) is 0 Å². The number of para-hydroxylation sites is 1. The molecule has 0 aromatic heterocycles. The lowest BCUT2D eigenvalue weighted by atomic mass is 10.1. The van der Waals surface area contributed by atoms with Gasteiger partial charge in [0.05, 0.1) is 20.8 Å². The van der Waals surface area contributed by atoms with E-state index in [9.17, 15) is 4.79 Å². The van der Waals surface area contributed by atoms with E-state index in [1.807, 2.05) is 30.3 Å². The van der Waals surface area contributed by atoms with Gasteiger partial charge in [0.15, 0.2) is 5.78 Å². The summed E-state index contributed by atoms with van der Waals surface area (Å²) in [4.78, 5) is 12.4. The second-order valence-electron chi connectivity index (χ2n) is 4.37. The molecule has 0 bridgehead atoms. The molecule has 2 rings (SSSR count). The number of ether oxygens (including phenoxy) is 3. The molecule has 0 amide bonds. The summed E-state index contributed by atoms with van der Waals surface area (Å²) in [6.45, 7) is 0.310. The Hall–Kier alpha value is -2.49. The largest absolute Gasteiger partial charge is 0.496 e. The van der Waals surface area contributed by atoms with Gasteiger partial charge in [-0.1, -0.05) is 24.3 Å². The van der Waals surface area contributed by atoms with Crippen LogP contribution in [-0.4, -0.2) is 26.6 Å². The standard InChI is InChI=1S/C17H18O4/c1-19-15-9-6-10-16(20-2)17(15)14(18)11-12-21-13-7-4-3-5-8-13/h3-10H,11-12H2,1-2H3. The third-order valence-electron chi connectivity index (χ3n) is 3.05. The Morgan fingerprint density at radius 2 is 1.52 bits per heavy atom. The average molecular weight is 286 g/mol. The van der Waals surface area contributed by atoms with E-state index in [0.717, 1.165) is 5.75 Å². The van der Waals surface area contributed by atoms with Gasteiger partial charge in [0.1, 0.15) is 22.8 Å². The molecule has 0 heterocycles. The number of ketones is 1. The van der Waals surface area contributed by atoms with Crippen molar-refractivity contribution in [2.75, 3.05) is 20.8 Å². The molecule has 0 unspecified atom stereocenters. The number of benzene rings is 2. The first-order valence-electron chi connectivity index (χ1n) is 6.68. The summed E-state index contributed by atoms with van der Waals surface area (Å²) in [6, 6.07) is 14.7. The zero-order valence-corrected chi connectivity index (χ0v) is 12.2. The highest BCUT2D eigenvalue weighted by molar-refractivity contribution is 6.01. The minimum Gasteiger partial charge on any atom is -0.496 e. The Morgan fingerprint density at radius 3 is 2.10 bits per heavy atom. The first-order chi connectivity index (χ1) is 10.3. The molecule has 0 aliphatic carbocycles. The van der Waals surface area contributed by atoms with Gasteiger partial charge in [0, 0.05) is 6.42 Å². The van der Waals surface area contributed by atoms with Crippen LogP contribution in [-0.2, 0) is 0 Å². The molecule has 0 atom stereocenters. The minimum atomic E-state index is -0.0692. The molecule has 2 aromatic rings. The minimum absolute atomic E-state index is 0.0692. The fourth-order valence-electron chi connectivity index (χ4n) is 2.03. The molecule has 0 saturated carbocycles. The Morgan fingerprint density at radius 1 is 0.905 bits per heavy atom. The predicted molar refractivity (Wildman–Crippen MR) is 80.4 cm³/mol. The Bertz CT molecular complexity index is 571. The predicted octanol–water partition coefficient (Wildman–Crippen LogP) is 3.36. The molecule has 110 valence electrons. The highest BCUT2D eigenvalue weighted by Gasteiger charge is 2.17. The first kappa shape index (κ1) is 14.9. The monoisotopic (exact) mass is 286 g/mol. The number of carbonyl (C=O) groups excluding carboxylic acids is 1. The second-order valence-corrected chi connectivity index (χ2v) is 4.37. The summed E-state index contributed by atoms with van der Waals surface area (Å²) in [6.07, 6.45) is 0.256. The van der Waals surface area contributed by atoms with Crippen LogP contribution in [0.15, 0.2) is 48.5 Å². The van der Waals surface area contributed by atoms with Gasteiger partial charge in [-0.2, -0.15) is 0 Å². The van der Waals surface area contributed by atoms with Crippen molar-refractivity contribution in [3.8, 4) is 17.2 Å². The number of hydrogen-bond acceptors (Lipinski definition) is 4. The van der Waals surface area contributed by atoms with Crippen LogP contribution in [0.5, 0.6) is 17.2 Å². The van der Waals surface area contributed by atoms with E-state index in [0.29, 0.717) is 23.7 Å². The van der Waals surface area contributed by atoms with Gasteiger partial charge in [-0.3, -0.25) is 4.79 Å². The maximum atomic E-state index is 12.4. The maximum absolute atomic E-state index is 12.4. The average Bonchev–Trinajstić information content (AvgIpc) is 2.54. The summed E-state index contributed by atoms with van der Waals surface area (Å²) in [5, 5.41) is 0. The van der Waals surface area contributed by atoms with Crippen molar-refractivity contribution >= 4 is 5.78 Å². The zero-order chi connectivity index (χ0) is 15.1. The van der Waals surface area contributed by atoms with E-state index >= 15 is 0 Å². The molecule has 0 saturated heterocycles. The third-order valence-corrected chi connectivity index (χ3v) is 3.05. The molecule has 4 heteroatoms. The first-order valence-corrected chi connectivity index (χ1v) is 6.68. The van der Waals surface area contributed by atoms with Crippen molar-refractivity contribution < 1.29 is 19.0 Å². The van der Waals surface area contributed by atoms with Gasteiger partial charge in [0.2, 0.25) is 0 Å². The lowest BCUT2D eigenvalue weighted by molar-refractivity contribution is 0.0956. The van der Waals surface area contributed by atoms with Gasteiger partial charge in [-0.05, 0) is 24.3 Å². The fraction of sp³-hybridized carbons (Fsp3) is 0.235. The lowest BCUT2D eigenvalue weighted by Gasteiger charge is -2.12. The molecule has 2 aromatic carbocycles. The van der Waals surface area contributed by atoms with Crippen molar-refractivity contribution in [3.05, 3.63) is 54.1 Å². The number of methoxy groups -OCH3 is 2. The molecule has 0 N–H and O–H groups in total. The van der Waals surface area contributed by atoms with Crippen molar-refractivity contribution in [3.63, 3.8) is 0 Å². The third kappa shape index (κ3) is 3.75. The van der Waals surface area contributed by atoms with Crippen LogP contribution in [0.2, 0.25) is 0 Å². The Labute approximate surface area is 124 Å². The number of carbonyl (C=O) groups is 1.